The van der Waals surface area contributed by atoms with Gasteiger partial charge in [0.05, 0.1) is 5.75 Å². The number of hydrogen-bond donors (Lipinski definition) is 1. The van der Waals surface area contributed by atoms with Crippen LogP contribution in [0.5, 0.6) is 0 Å². The van der Waals surface area contributed by atoms with Crippen LogP contribution in [0.2, 0.25) is 0 Å². The summed E-state index contributed by atoms with van der Waals surface area (Å²) in [5.41, 5.74) is 5.96. The van der Waals surface area contributed by atoms with Gasteiger partial charge in [0.25, 0.3) is 0 Å². The number of carbonyl (C=O) groups excluding carboxylic acids is 1. The van der Waals surface area contributed by atoms with E-state index in [0.29, 0.717) is 11.5 Å². The highest BCUT2D eigenvalue weighted by atomic mass is 32.2. The molecule has 1 aliphatic carbocycles. The lowest BCUT2D eigenvalue weighted by Gasteiger charge is -2.25. The molecule has 1 aliphatic heterocycles. The zero-order chi connectivity index (χ0) is 7.90. The number of Topliss-reactive ketones (excluding diaryl/α,β-unsaturated/α-hetero) is 1. The predicted molar refractivity (Wildman–Crippen MR) is 46.6 cm³/mol. The summed E-state index contributed by atoms with van der Waals surface area (Å²) < 4.78 is 0.164. The lowest BCUT2D eigenvalue weighted by molar-refractivity contribution is -0.116. The van der Waals surface area contributed by atoms with Gasteiger partial charge in [0, 0.05) is 17.2 Å². The number of rotatable bonds is 0. The number of thioether (sulfide) groups is 1. The molecule has 0 aromatic rings. The molecule has 3 heteroatoms. The molecule has 2 unspecified atom stereocenters. The Morgan fingerprint density at radius 2 is 2.45 bits per heavy atom. The van der Waals surface area contributed by atoms with Gasteiger partial charge in [-0.2, -0.15) is 0 Å². The number of ketones is 1. The zero-order valence-electron chi connectivity index (χ0n) is 6.51. The molecule has 2 nitrogen and oxygen atoms in total. The summed E-state index contributed by atoms with van der Waals surface area (Å²) in [6, 6.07) is 0.277. The molecule has 11 heavy (non-hydrogen) atoms. The van der Waals surface area contributed by atoms with Gasteiger partial charge in [0.1, 0.15) is 5.78 Å². The van der Waals surface area contributed by atoms with Gasteiger partial charge in [-0.05, 0) is 12.8 Å². The van der Waals surface area contributed by atoms with Gasteiger partial charge < -0.3 is 5.73 Å². The average molecular weight is 171 g/mol. The lowest BCUT2D eigenvalue weighted by Crippen LogP contribution is -2.38. The van der Waals surface area contributed by atoms with E-state index in [4.69, 9.17) is 5.73 Å². The third-order valence-corrected chi connectivity index (χ3v) is 4.50. The van der Waals surface area contributed by atoms with E-state index in [2.05, 4.69) is 0 Å². The van der Waals surface area contributed by atoms with Crippen LogP contribution in [0.1, 0.15) is 25.7 Å². The van der Waals surface area contributed by atoms with E-state index < -0.39 is 0 Å². The smallest absolute Gasteiger partial charge is 0.144 e. The summed E-state index contributed by atoms with van der Waals surface area (Å²) in [6.45, 7) is 0. The normalized spacial score (nSPS) is 44.1. The number of carbonyl (C=O) groups is 1. The van der Waals surface area contributed by atoms with Crippen molar-refractivity contribution in [2.75, 3.05) is 5.75 Å². The summed E-state index contributed by atoms with van der Waals surface area (Å²) in [5, 5.41) is 0. The molecule has 1 heterocycles. The molecule has 0 amide bonds. The van der Waals surface area contributed by atoms with Gasteiger partial charge in [-0.3, -0.25) is 4.79 Å². The fourth-order valence-corrected chi connectivity index (χ4v) is 3.56. The second-order valence-corrected chi connectivity index (χ2v) is 4.96. The molecule has 0 aromatic carbocycles. The fourth-order valence-electron chi connectivity index (χ4n) is 2.13. The monoisotopic (exact) mass is 171 g/mol. The Kier molecular flexibility index (Phi) is 1.72. The van der Waals surface area contributed by atoms with E-state index in [0.717, 1.165) is 19.3 Å². The summed E-state index contributed by atoms with van der Waals surface area (Å²) >= 11 is 1.79. The Labute approximate surface area is 70.9 Å². The van der Waals surface area contributed by atoms with Crippen molar-refractivity contribution in [3.05, 3.63) is 0 Å². The second-order valence-electron chi connectivity index (χ2n) is 3.57. The quantitative estimate of drug-likeness (QED) is 0.590. The molecule has 2 N–H and O–H groups in total. The van der Waals surface area contributed by atoms with E-state index in [1.165, 1.54) is 6.42 Å². The van der Waals surface area contributed by atoms with Gasteiger partial charge >= 0.3 is 0 Å². The van der Waals surface area contributed by atoms with Crippen LogP contribution in [-0.2, 0) is 4.79 Å². The molecule has 62 valence electrons. The zero-order valence-corrected chi connectivity index (χ0v) is 7.32. The minimum atomic E-state index is 0.164. The molecule has 0 bridgehead atoms. The van der Waals surface area contributed by atoms with Gasteiger partial charge in [-0.15, -0.1) is 11.8 Å². The maximum atomic E-state index is 11.1. The molecule has 0 aromatic heterocycles. The first-order valence-corrected chi connectivity index (χ1v) is 5.13. The van der Waals surface area contributed by atoms with Gasteiger partial charge in [0.15, 0.2) is 0 Å². The summed E-state index contributed by atoms with van der Waals surface area (Å²) in [7, 11) is 0. The van der Waals surface area contributed by atoms with Crippen LogP contribution in [0.3, 0.4) is 0 Å². The predicted octanol–water partition coefficient (Wildman–Crippen LogP) is 0.942. The van der Waals surface area contributed by atoms with Crippen LogP contribution in [0.25, 0.3) is 0 Å². The molecule has 2 rings (SSSR count). The molecule has 2 atom stereocenters. The standard InChI is InChI=1S/C8H13NOS/c9-7-2-1-3-8(7)4-6(10)5-11-8/h7H,1-5,9H2. The maximum Gasteiger partial charge on any atom is 0.144 e. The van der Waals surface area contributed by atoms with Crippen molar-refractivity contribution < 1.29 is 4.79 Å². The third-order valence-electron chi connectivity index (χ3n) is 2.81. The Morgan fingerprint density at radius 1 is 1.64 bits per heavy atom. The Balaban J connectivity index is 2.16. The highest BCUT2D eigenvalue weighted by molar-refractivity contribution is 8.01. The largest absolute Gasteiger partial charge is 0.326 e. The van der Waals surface area contributed by atoms with Crippen LogP contribution in [-0.4, -0.2) is 22.3 Å². The topological polar surface area (TPSA) is 43.1 Å². The van der Waals surface area contributed by atoms with Crippen molar-refractivity contribution in [1.29, 1.82) is 0 Å². The molecular formula is C8H13NOS. The molecule has 2 fully saturated rings. The van der Waals surface area contributed by atoms with E-state index in [1.807, 2.05) is 0 Å². The lowest BCUT2D eigenvalue weighted by atomic mass is 9.97. The molecule has 1 saturated heterocycles. The van der Waals surface area contributed by atoms with E-state index in [-0.39, 0.29) is 10.8 Å². The van der Waals surface area contributed by atoms with Crippen molar-refractivity contribution in [2.45, 2.75) is 36.5 Å². The van der Waals surface area contributed by atoms with E-state index in [9.17, 15) is 4.79 Å². The molecule has 2 aliphatic rings. The third kappa shape index (κ3) is 1.11. The first-order valence-electron chi connectivity index (χ1n) is 4.14. The van der Waals surface area contributed by atoms with Crippen LogP contribution in [0.4, 0.5) is 0 Å². The van der Waals surface area contributed by atoms with Crippen molar-refractivity contribution in [3.8, 4) is 0 Å². The molecule has 1 saturated carbocycles. The van der Waals surface area contributed by atoms with Crippen LogP contribution >= 0.6 is 11.8 Å². The molecular weight excluding hydrogens is 158 g/mol. The minimum absolute atomic E-state index is 0.164. The first kappa shape index (κ1) is 7.62. The molecule has 1 spiro atoms. The highest BCUT2D eigenvalue weighted by Crippen LogP contribution is 2.47. The van der Waals surface area contributed by atoms with Gasteiger partial charge in [-0.25, -0.2) is 0 Å². The minimum Gasteiger partial charge on any atom is -0.326 e. The molecule has 0 radical (unpaired) electrons. The van der Waals surface area contributed by atoms with Crippen LogP contribution in [0, 0.1) is 0 Å². The van der Waals surface area contributed by atoms with Gasteiger partial charge in [0.2, 0.25) is 0 Å². The summed E-state index contributed by atoms with van der Waals surface area (Å²) in [6.07, 6.45) is 4.21. The summed E-state index contributed by atoms with van der Waals surface area (Å²) in [4.78, 5) is 11.1. The van der Waals surface area contributed by atoms with E-state index >= 15 is 0 Å². The van der Waals surface area contributed by atoms with E-state index in [1.54, 1.807) is 11.8 Å². The number of hydrogen-bond acceptors (Lipinski definition) is 3. The average Bonchev–Trinajstić information content (AvgIpc) is 2.46. The fraction of sp³-hybridized carbons (Fsp3) is 0.875. The van der Waals surface area contributed by atoms with Crippen molar-refractivity contribution in [3.63, 3.8) is 0 Å². The second kappa shape index (κ2) is 2.49. The Hall–Kier alpha value is -0.0200. The van der Waals surface area contributed by atoms with Crippen molar-refractivity contribution in [1.82, 2.24) is 0 Å². The summed E-state index contributed by atoms with van der Waals surface area (Å²) in [5.74, 6) is 1.10. The van der Waals surface area contributed by atoms with Gasteiger partial charge in [-0.1, -0.05) is 6.42 Å². The SMILES string of the molecule is NC1CCCC12CC(=O)CS2. The maximum absolute atomic E-state index is 11.1. The highest BCUT2D eigenvalue weighted by Gasteiger charge is 2.46. The van der Waals surface area contributed by atoms with Crippen molar-refractivity contribution in [2.24, 2.45) is 5.73 Å². The number of nitrogens with two attached hydrogens (primary N) is 1. The van der Waals surface area contributed by atoms with Crippen LogP contribution < -0.4 is 5.73 Å². The Morgan fingerprint density at radius 3 is 2.91 bits per heavy atom. The first-order chi connectivity index (χ1) is 5.23. The van der Waals surface area contributed by atoms with Crippen LogP contribution in [0.15, 0.2) is 0 Å². The Bertz CT molecular complexity index is 195. The van der Waals surface area contributed by atoms with Crippen molar-refractivity contribution >= 4 is 17.5 Å².